The molecule has 3 rings (SSSR count). The molecule has 2 aromatic heterocycles. The molecule has 28 heavy (non-hydrogen) atoms. The van der Waals surface area contributed by atoms with Gasteiger partial charge in [0.1, 0.15) is 0 Å². The van der Waals surface area contributed by atoms with Gasteiger partial charge in [0.25, 0.3) is 5.91 Å². The number of anilines is 1. The number of hydrogen-bond donors (Lipinski definition) is 2. The van der Waals surface area contributed by atoms with Gasteiger partial charge in [0.05, 0.1) is 29.8 Å². The van der Waals surface area contributed by atoms with Crippen molar-refractivity contribution in [2.75, 3.05) is 5.32 Å². The smallest absolute Gasteiger partial charge is 0.390 e. The first-order valence-corrected chi connectivity index (χ1v) is 8.80. The van der Waals surface area contributed by atoms with E-state index in [1.54, 1.807) is 10.6 Å². The number of pyridine rings is 1. The number of halogens is 4. The molecule has 0 spiro atoms. The molecule has 146 valence electrons. The predicted molar refractivity (Wildman–Crippen MR) is 98.6 cm³/mol. The standard InChI is InChI=1S/C18H14BrF3N4O2/c19-14-5-12(6-23-15(14)9-27)17(28)25-16-8-26(10-24-16)7-11-2-1-3-13(4-11)18(20,21)22/h1-6,8,10,27H,7,9H2,(H,25,28). The van der Waals surface area contributed by atoms with E-state index in [9.17, 15) is 18.0 Å². The highest BCUT2D eigenvalue weighted by atomic mass is 79.9. The molecule has 0 saturated heterocycles. The lowest BCUT2D eigenvalue weighted by molar-refractivity contribution is -0.137. The molecule has 1 amide bonds. The van der Waals surface area contributed by atoms with E-state index in [0.717, 1.165) is 12.1 Å². The number of imidazole rings is 1. The summed E-state index contributed by atoms with van der Waals surface area (Å²) in [5.74, 6) is -0.207. The molecule has 0 aliphatic rings. The van der Waals surface area contributed by atoms with Gasteiger partial charge in [-0.25, -0.2) is 4.98 Å². The highest BCUT2D eigenvalue weighted by Crippen LogP contribution is 2.29. The third kappa shape index (κ3) is 4.76. The maximum Gasteiger partial charge on any atom is 0.416 e. The summed E-state index contributed by atoms with van der Waals surface area (Å²) in [5, 5.41) is 11.7. The Kier molecular flexibility index (Phi) is 5.80. The van der Waals surface area contributed by atoms with Crippen molar-refractivity contribution in [1.82, 2.24) is 14.5 Å². The second-order valence-electron chi connectivity index (χ2n) is 5.89. The minimum Gasteiger partial charge on any atom is -0.390 e. The Labute approximate surface area is 166 Å². The summed E-state index contributed by atoms with van der Waals surface area (Å²) < 4.78 is 40.5. The number of carbonyl (C=O) groups is 1. The molecule has 0 radical (unpaired) electrons. The summed E-state index contributed by atoms with van der Waals surface area (Å²) >= 11 is 3.22. The molecule has 0 unspecified atom stereocenters. The van der Waals surface area contributed by atoms with E-state index in [0.29, 0.717) is 15.7 Å². The summed E-state index contributed by atoms with van der Waals surface area (Å²) in [4.78, 5) is 20.3. The fraction of sp³-hybridized carbons (Fsp3) is 0.167. The van der Waals surface area contributed by atoms with E-state index in [4.69, 9.17) is 5.11 Å². The Morgan fingerprint density at radius 1 is 1.25 bits per heavy atom. The zero-order valence-electron chi connectivity index (χ0n) is 14.2. The van der Waals surface area contributed by atoms with Crippen molar-refractivity contribution >= 4 is 27.7 Å². The van der Waals surface area contributed by atoms with Crippen molar-refractivity contribution in [3.8, 4) is 0 Å². The van der Waals surface area contributed by atoms with Crippen molar-refractivity contribution < 1.29 is 23.1 Å². The molecule has 0 aliphatic heterocycles. The maximum atomic E-state index is 12.8. The van der Waals surface area contributed by atoms with Crippen LogP contribution in [0.4, 0.5) is 19.0 Å². The first-order chi connectivity index (χ1) is 13.3. The molecule has 10 heteroatoms. The van der Waals surface area contributed by atoms with Crippen LogP contribution in [0.2, 0.25) is 0 Å². The minimum atomic E-state index is -4.40. The van der Waals surface area contributed by atoms with E-state index in [2.05, 4.69) is 31.2 Å². The van der Waals surface area contributed by atoms with Crippen LogP contribution in [0.1, 0.15) is 27.2 Å². The fourth-order valence-corrected chi connectivity index (χ4v) is 2.94. The van der Waals surface area contributed by atoms with Gasteiger partial charge in [-0.1, -0.05) is 12.1 Å². The molecular formula is C18H14BrF3N4O2. The molecule has 2 heterocycles. The molecule has 0 saturated carbocycles. The van der Waals surface area contributed by atoms with Crippen LogP contribution < -0.4 is 5.32 Å². The molecular weight excluding hydrogens is 441 g/mol. The van der Waals surface area contributed by atoms with Gasteiger partial charge in [-0.15, -0.1) is 0 Å². The number of rotatable bonds is 5. The van der Waals surface area contributed by atoms with Crippen LogP contribution in [0.5, 0.6) is 0 Å². The monoisotopic (exact) mass is 454 g/mol. The van der Waals surface area contributed by atoms with E-state index < -0.39 is 17.6 Å². The van der Waals surface area contributed by atoms with E-state index in [1.807, 2.05) is 0 Å². The minimum absolute atomic E-state index is 0.172. The van der Waals surface area contributed by atoms with Crippen LogP contribution >= 0.6 is 15.9 Å². The summed E-state index contributed by atoms with van der Waals surface area (Å²) in [5.41, 5.74) is 0.402. The highest BCUT2D eigenvalue weighted by molar-refractivity contribution is 9.10. The van der Waals surface area contributed by atoms with Crippen molar-refractivity contribution in [2.45, 2.75) is 19.3 Å². The van der Waals surface area contributed by atoms with Crippen LogP contribution in [-0.4, -0.2) is 25.5 Å². The molecule has 2 N–H and O–H groups in total. The largest absolute Gasteiger partial charge is 0.416 e. The second kappa shape index (κ2) is 8.11. The van der Waals surface area contributed by atoms with Crippen LogP contribution in [0.15, 0.2) is 53.5 Å². The highest BCUT2D eigenvalue weighted by Gasteiger charge is 2.30. The zero-order valence-corrected chi connectivity index (χ0v) is 15.8. The number of amides is 1. The van der Waals surface area contributed by atoms with Gasteiger partial charge in [0.2, 0.25) is 0 Å². The number of aromatic nitrogens is 3. The lowest BCUT2D eigenvalue weighted by atomic mass is 10.1. The van der Waals surface area contributed by atoms with Crippen molar-refractivity contribution in [2.24, 2.45) is 0 Å². The predicted octanol–water partition coefficient (Wildman–Crippen LogP) is 3.85. The lowest BCUT2D eigenvalue weighted by Gasteiger charge is -2.09. The normalized spacial score (nSPS) is 11.5. The van der Waals surface area contributed by atoms with Gasteiger partial charge in [0, 0.05) is 23.4 Å². The number of hydrogen-bond acceptors (Lipinski definition) is 4. The number of carbonyl (C=O) groups excluding carboxylic acids is 1. The van der Waals surface area contributed by atoms with Gasteiger partial charge in [-0.3, -0.25) is 9.78 Å². The van der Waals surface area contributed by atoms with Crippen molar-refractivity contribution in [3.05, 3.63) is 75.9 Å². The summed E-state index contributed by atoms with van der Waals surface area (Å²) in [7, 11) is 0. The number of benzene rings is 1. The van der Waals surface area contributed by atoms with Gasteiger partial charge in [0.15, 0.2) is 5.82 Å². The summed E-state index contributed by atoms with van der Waals surface area (Å²) in [6.07, 6.45) is -0.148. The third-order valence-corrected chi connectivity index (χ3v) is 4.51. The Morgan fingerprint density at radius 3 is 2.71 bits per heavy atom. The van der Waals surface area contributed by atoms with Crippen LogP contribution in [-0.2, 0) is 19.3 Å². The second-order valence-corrected chi connectivity index (χ2v) is 6.75. The van der Waals surface area contributed by atoms with E-state index in [1.165, 1.54) is 30.9 Å². The third-order valence-electron chi connectivity index (χ3n) is 3.82. The number of aliphatic hydroxyl groups is 1. The van der Waals surface area contributed by atoms with Crippen LogP contribution in [0, 0.1) is 0 Å². The Morgan fingerprint density at radius 2 is 2.04 bits per heavy atom. The van der Waals surface area contributed by atoms with Gasteiger partial charge in [-0.2, -0.15) is 13.2 Å². The van der Waals surface area contributed by atoms with Gasteiger partial charge >= 0.3 is 6.18 Å². The first-order valence-electron chi connectivity index (χ1n) is 8.01. The average Bonchev–Trinajstić information content (AvgIpc) is 3.08. The number of aliphatic hydroxyl groups excluding tert-OH is 1. The molecule has 0 bridgehead atoms. The number of nitrogens with one attached hydrogen (secondary N) is 1. The summed E-state index contributed by atoms with van der Waals surface area (Å²) in [6.45, 7) is -0.0898. The van der Waals surface area contributed by atoms with Crippen molar-refractivity contribution in [3.63, 3.8) is 0 Å². The van der Waals surface area contributed by atoms with E-state index in [-0.39, 0.29) is 24.5 Å². The quantitative estimate of drug-likeness (QED) is 0.613. The topological polar surface area (TPSA) is 80.0 Å². The molecule has 0 aliphatic carbocycles. The Bertz CT molecular complexity index is 1000. The van der Waals surface area contributed by atoms with Gasteiger partial charge < -0.3 is 15.0 Å². The van der Waals surface area contributed by atoms with Crippen LogP contribution in [0.3, 0.4) is 0 Å². The van der Waals surface area contributed by atoms with Crippen LogP contribution in [0.25, 0.3) is 0 Å². The molecule has 1 aromatic carbocycles. The zero-order chi connectivity index (χ0) is 20.3. The van der Waals surface area contributed by atoms with Gasteiger partial charge in [-0.05, 0) is 39.7 Å². The Balaban J connectivity index is 1.69. The molecule has 0 fully saturated rings. The molecule has 6 nitrogen and oxygen atoms in total. The molecule has 0 atom stereocenters. The SMILES string of the molecule is O=C(Nc1cn(Cc2cccc(C(F)(F)F)c2)cn1)c1cnc(CO)c(Br)c1. The average molecular weight is 455 g/mol. The maximum absolute atomic E-state index is 12.8. The molecule has 3 aromatic rings. The first kappa shape index (κ1) is 20.0. The fourth-order valence-electron chi connectivity index (χ4n) is 2.46. The summed E-state index contributed by atoms with van der Waals surface area (Å²) in [6, 6.07) is 6.53. The lowest BCUT2D eigenvalue weighted by Crippen LogP contribution is -2.13. The van der Waals surface area contributed by atoms with Crippen molar-refractivity contribution in [1.29, 1.82) is 0 Å². The number of alkyl halides is 3. The Hall–Kier alpha value is -2.72. The number of nitrogens with zero attached hydrogens (tertiary/aromatic N) is 3. The van der Waals surface area contributed by atoms with E-state index >= 15 is 0 Å².